The van der Waals surface area contributed by atoms with Crippen LogP contribution in [-0.4, -0.2) is 76.4 Å². The first-order valence-electron chi connectivity index (χ1n) is 8.21. The number of hydrogen-bond acceptors (Lipinski definition) is 5. The number of morpholine rings is 1. The van der Waals surface area contributed by atoms with Gasteiger partial charge in [-0.1, -0.05) is 0 Å². The first-order chi connectivity index (χ1) is 10.8. The molecule has 0 radical (unpaired) electrons. The van der Waals surface area contributed by atoms with Crippen LogP contribution in [0.2, 0.25) is 0 Å². The highest BCUT2D eigenvalue weighted by atomic mass is 16.5. The van der Waals surface area contributed by atoms with E-state index >= 15 is 0 Å². The minimum absolute atomic E-state index is 0.265. The first kappa shape index (κ1) is 15.4. The zero-order valence-corrected chi connectivity index (χ0v) is 13.1. The molecule has 2 aliphatic heterocycles. The van der Waals surface area contributed by atoms with Crippen molar-refractivity contribution in [1.29, 1.82) is 0 Å². The molecule has 1 aromatic heterocycles. The maximum Gasteiger partial charge on any atom is 0.224 e. The summed E-state index contributed by atoms with van der Waals surface area (Å²) in [6, 6.07) is 0. The highest BCUT2D eigenvalue weighted by Crippen LogP contribution is 2.18. The Balaban J connectivity index is 1.41. The number of amides is 1. The van der Waals surface area contributed by atoms with Gasteiger partial charge in [0, 0.05) is 39.1 Å². The zero-order valence-electron chi connectivity index (χ0n) is 13.1. The van der Waals surface area contributed by atoms with Crippen LogP contribution in [0.25, 0.3) is 0 Å². The van der Waals surface area contributed by atoms with Crippen LogP contribution in [0.4, 0.5) is 0 Å². The average molecular weight is 307 g/mol. The van der Waals surface area contributed by atoms with Crippen LogP contribution < -0.4 is 0 Å². The van der Waals surface area contributed by atoms with Gasteiger partial charge in [0.2, 0.25) is 5.91 Å². The van der Waals surface area contributed by atoms with E-state index in [0.29, 0.717) is 25.6 Å². The average Bonchev–Trinajstić information content (AvgIpc) is 3.07. The van der Waals surface area contributed by atoms with Crippen LogP contribution in [0, 0.1) is 5.92 Å². The molecule has 1 aromatic rings. The number of ether oxygens (including phenoxy) is 1. The molecule has 0 bridgehead atoms. The number of likely N-dealkylation sites (tertiary alicyclic amines) is 1. The molecule has 122 valence electrons. The Bertz CT molecular complexity index is 459. The van der Waals surface area contributed by atoms with Gasteiger partial charge in [-0.3, -0.25) is 9.48 Å². The Morgan fingerprint density at radius 2 is 2.14 bits per heavy atom. The molecule has 7 heteroatoms. The van der Waals surface area contributed by atoms with Crippen molar-refractivity contribution in [1.82, 2.24) is 24.6 Å². The normalized spacial score (nSPS) is 23.6. The van der Waals surface area contributed by atoms with Crippen molar-refractivity contribution >= 4 is 5.91 Å². The monoisotopic (exact) mass is 307 g/mol. The predicted molar refractivity (Wildman–Crippen MR) is 81.2 cm³/mol. The van der Waals surface area contributed by atoms with Crippen LogP contribution >= 0.6 is 0 Å². The molecular formula is C15H25N5O2. The van der Waals surface area contributed by atoms with Gasteiger partial charge < -0.3 is 14.5 Å². The quantitative estimate of drug-likeness (QED) is 0.780. The van der Waals surface area contributed by atoms with Crippen LogP contribution in [0.5, 0.6) is 0 Å². The molecule has 0 spiro atoms. The van der Waals surface area contributed by atoms with Gasteiger partial charge in [0.1, 0.15) is 12.7 Å². The van der Waals surface area contributed by atoms with Crippen LogP contribution in [-0.2, 0) is 16.1 Å². The second-order valence-electron chi connectivity index (χ2n) is 6.17. The third kappa shape index (κ3) is 4.27. The topological polar surface area (TPSA) is 63.5 Å². The molecule has 3 rings (SSSR count). The van der Waals surface area contributed by atoms with Gasteiger partial charge in [-0.05, 0) is 25.3 Å². The zero-order chi connectivity index (χ0) is 15.2. The van der Waals surface area contributed by atoms with Crippen molar-refractivity contribution in [3.8, 4) is 0 Å². The summed E-state index contributed by atoms with van der Waals surface area (Å²) in [5.41, 5.74) is 0. The summed E-state index contributed by atoms with van der Waals surface area (Å²) in [5, 5.41) is 4.19. The fourth-order valence-electron chi connectivity index (χ4n) is 3.32. The van der Waals surface area contributed by atoms with E-state index in [1.54, 1.807) is 12.7 Å². The maximum absolute atomic E-state index is 12.2. The second kappa shape index (κ2) is 7.69. The summed E-state index contributed by atoms with van der Waals surface area (Å²) in [6.45, 7) is 6.78. The van der Waals surface area contributed by atoms with E-state index in [1.165, 1.54) is 12.8 Å². The van der Waals surface area contributed by atoms with E-state index in [0.717, 1.165) is 39.3 Å². The summed E-state index contributed by atoms with van der Waals surface area (Å²) >= 11 is 0. The largest absolute Gasteiger partial charge is 0.378 e. The third-order valence-corrected chi connectivity index (χ3v) is 4.52. The number of piperidine rings is 1. The van der Waals surface area contributed by atoms with Crippen molar-refractivity contribution in [3.05, 3.63) is 12.7 Å². The number of aromatic nitrogens is 3. The minimum Gasteiger partial charge on any atom is -0.378 e. The molecule has 7 nitrogen and oxygen atoms in total. The number of rotatable bonds is 5. The van der Waals surface area contributed by atoms with Gasteiger partial charge in [0.25, 0.3) is 0 Å². The summed E-state index contributed by atoms with van der Waals surface area (Å²) in [7, 11) is 0. The smallest absolute Gasteiger partial charge is 0.224 e. The summed E-state index contributed by atoms with van der Waals surface area (Å²) < 4.78 is 7.20. The highest BCUT2D eigenvalue weighted by molar-refractivity contribution is 5.76. The molecule has 2 saturated heterocycles. The summed E-state index contributed by atoms with van der Waals surface area (Å²) in [4.78, 5) is 20.5. The van der Waals surface area contributed by atoms with E-state index < -0.39 is 0 Å². The summed E-state index contributed by atoms with van der Waals surface area (Å²) in [6.07, 6.45) is 6.41. The van der Waals surface area contributed by atoms with Gasteiger partial charge in [-0.25, -0.2) is 4.98 Å². The lowest BCUT2D eigenvalue weighted by Gasteiger charge is -2.33. The standard InChI is InChI=1S/C15H25N5O2/c21-15(19-6-8-22-9-7-19)3-5-18-4-1-2-14(10-18)11-20-13-16-12-17-20/h12-14H,1-11H2. The van der Waals surface area contributed by atoms with Gasteiger partial charge in [-0.2, -0.15) is 5.10 Å². The molecule has 2 aliphatic rings. The Morgan fingerprint density at radius 1 is 1.27 bits per heavy atom. The van der Waals surface area contributed by atoms with E-state index in [-0.39, 0.29) is 5.91 Å². The second-order valence-corrected chi connectivity index (χ2v) is 6.17. The van der Waals surface area contributed by atoms with E-state index in [9.17, 15) is 4.79 Å². The van der Waals surface area contributed by atoms with Crippen molar-refractivity contribution in [2.24, 2.45) is 5.92 Å². The molecular weight excluding hydrogens is 282 g/mol. The number of carbonyl (C=O) groups is 1. The van der Waals surface area contributed by atoms with Crippen LogP contribution in [0.1, 0.15) is 19.3 Å². The highest BCUT2D eigenvalue weighted by Gasteiger charge is 2.22. The van der Waals surface area contributed by atoms with Gasteiger partial charge in [0.05, 0.1) is 13.2 Å². The molecule has 1 amide bonds. The van der Waals surface area contributed by atoms with E-state index in [2.05, 4.69) is 15.0 Å². The SMILES string of the molecule is O=C(CCN1CCCC(Cn2cncn2)C1)N1CCOCC1. The lowest BCUT2D eigenvalue weighted by Crippen LogP contribution is -2.43. The fraction of sp³-hybridized carbons (Fsp3) is 0.800. The molecule has 1 atom stereocenters. The van der Waals surface area contributed by atoms with Crippen molar-refractivity contribution in [2.45, 2.75) is 25.8 Å². The first-order valence-corrected chi connectivity index (χ1v) is 8.21. The lowest BCUT2D eigenvalue weighted by molar-refractivity contribution is -0.135. The van der Waals surface area contributed by atoms with Gasteiger partial charge in [0.15, 0.2) is 0 Å². The van der Waals surface area contributed by atoms with Gasteiger partial charge in [-0.15, -0.1) is 0 Å². The molecule has 1 unspecified atom stereocenters. The summed E-state index contributed by atoms with van der Waals surface area (Å²) in [5.74, 6) is 0.871. The lowest BCUT2D eigenvalue weighted by atomic mass is 9.98. The van der Waals surface area contributed by atoms with Crippen molar-refractivity contribution < 1.29 is 9.53 Å². The van der Waals surface area contributed by atoms with E-state index in [4.69, 9.17) is 4.74 Å². The Kier molecular flexibility index (Phi) is 5.39. The molecule has 0 aromatic carbocycles. The van der Waals surface area contributed by atoms with Gasteiger partial charge >= 0.3 is 0 Å². The van der Waals surface area contributed by atoms with Crippen molar-refractivity contribution in [3.63, 3.8) is 0 Å². The maximum atomic E-state index is 12.2. The fourth-order valence-corrected chi connectivity index (χ4v) is 3.32. The Hall–Kier alpha value is -1.47. The van der Waals surface area contributed by atoms with Crippen LogP contribution in [0.3, 0.4) is 0 Å². The number of hydrogen-bond donors (Lipinski definition) is 0. The predicted octanol–water partition coefficient (Wildman–Crippen LogP) is 0.239. The molecule has 0 aliphatic carbocycles. The Morgan fingerprint density at radius 3 is 2.91 bits per heavy atom. The van der Waals surface area contributed by atoms with E-state index in [1.807, 2.05) is 9.58 Å². The number of nitrogens with zero attached hydrogens (tertiary/aromatic N) is 5. The Labute approximate surface area is 131 Å². The van der Waals surface area contributed by atoms with Crippen molar-refractivity contribution in [2.75, 3.05) is 45.9 Å². The third-order valence-electron chi connectivity index (χ3n) is 4.52. The molecule has 22 heavy (non-hydrogen) atoms. The molecule has 3 heterocycles. The number of carbonyl (C=O) groups excluding carboxylic acids is 1. The molecule has 2 fully saturated rings. The molecule has 0 N–H and O–H groups in total. The minimum atomic E-state index is 0.265. The molecule has 0 saturated carbocycles. The van der Waals surface area contributed by atoms with Crippen LogP contribution in [0.15, 0.2) is 12.7 Å².